The molecule has 1 heterocycles. The maximum atomic E-state index is 12.5. The number of nitrogens with one attached hydrogen (secondary N) is 2. The van der Waals surface area contributed by atoms with E-state index in [-0.39, 0.29) is 16.8 Å². The van der Waals surface area contributed by atoms with E-state index in [0.717, 1.165) is 10.7 Å². The van der Waals surface area contributed by atoms with Crippen LogP contribution in [0.4, 0.5) is 0 Å². The number of nitrogens with zero attached hydrogens (tertiary/aromatic N) is 1. The fraction of sp³-hybridized carbons (Fsp3) is 0.421. The van der Waals surface area contributed by atoms with Crippen molar-refractivity contribution in [2.24, 2.45) is 0 Å². The molecule has 0 saturated heterocycles. The summed E-state index contributed by atoms with van der Waals surface area (Å²) >= 11 is 0. The molecule has 1 atom stereocenters. The summed E-state index contributed by atoms with van der Waals surface area (Å²) in [7, 11) is 0.460. The van der Waals surface area contributed by atoms with Crippen LogP contribution in [0.1, 0.15) is 36.0 Å². The monoisotopic (exact) mass is 394 g/mol. The van der Waals surface area contributed by atoms with Gasteiger partial charge in [0, 0.05) is 18.7 Å². The van der Waals surface area contributed by atoms with Gasteiger partial charge in [-0.05, 0) is 36.4 Å². The molecule has 0 bridgehead atoms. The smallest absolute Gasteiger partial charge is 0.251 e. The molecular weight excluding hydrogens is 366 g/mol. The van der Waals surface area contributed by atoms with Gasteiger partial charge in [-0.2, -0.15) is 4.31 Å². The van der Waals surface area contributed by atoms with E-state index >= 15 is 0 Å². The molecule has 1 aromatic heterocycles. The van der Waals surface area contributed by atoms with Crippen molar-refractivity contribution in [2.75, 3.05) is 33.7 Å². The van der Waals surface area contributed by atoms with Crippen LogP contribution in [0.3, 0.4) is 0 Å². The Hall–Kier alpha value is -2.16. The van der Waals surface area contributed by atoms with Crippen molar-refractivity contribution in [1.29, 1.82) is 0 Å². The largest absolute Gasteiger partial charge is 0.463 e. The Labute approximate surface area is 161 Å². The van der Waals surface area contributed by atoms with E-state index in [9.17, 15) is 13.2 Å². The van der Waals surface area contributed by atoms with Gasteiger partial charge < -0.3 is 14.6 Å². The summed E-state index contributed by atoms with van der Waals surface area (Å²) in [4.78, 5) is 13.8. The fourth-order valence-corrected chi connectivity index (χ4v) is 4.32. The lowest BCUT2D eigenvalue weighted by atomic mass is 10.2. The van der Waals surface area contributed by atoms with Crippen molar-refractivity contribution in [3.63, 3.8) is 0 Å². The number of quaternary nitrogens is 1. The van der Waals surface area contributed by atoms with Crippen molar-refractivity contribution in [3.05, 3.63) is 54.0 Å². The van der Waals surface area contributed by atoms with E-state index in [2.05, 4.69) is 5.32 Å². The predicted molar refractivity (Wildman–Crippen MR) is 103 cm³/mol. The molecule has 0 radical (unpaired) electrons. The van der Waals surface area contributed by atoms with Crippen LogP contribution in [0.15, 0.2) is 52.0 Å². The molecule has 2 aromatic rings. The second-order valence-electron chi connectivity index (χ2n) is 6.47. The maximum Gasteiger partial charge on any atom is 0.251 e. The van der Waals surface area contributed by atoms with Gasteiger partial charge in [-0.15, -0.1) is 0 Å². The highest BCUT2D eigenvalue weighted by Gasteiger charge is 2.23. The molecule has 27 heavy (non-hydrogen) atoms. The summed E-state index contributed by atoms with van der Waals surface area (Å²) in [6.45, 7) is 4.81. The van der Waals surface area contributed by atoms with E-state index in [4.69, 9.17) is 4.42 Å². The van der Waals surface area contributed by atoms with Gasteiger partial charge in [-0.25, -0.2) is 8.42 Å². The number of benzene rings is 1. The van der Waals surface area contributed by atoms with Crippen molar-refractivity contribution in [1.82, 2.24) is 9.62 Å². The number of hydrogen-bond acceptors (Lipinski definition) is 4. The molecule has 0 unspecified atom stereocenters. The third kappa shape index (κ3) is 4.97. The molecule has 0 saturated carbocycles. The Kier molecular flexibility index (Phi) is 7.18. The van der Waals surface area contributed by atoms with Crippen molar-refractivity contribution in [3.8, 4) is 0 Å². The van der Waals surface area contributed by atoms with E-state index in [1.54, 1.807) is 20.1 Å². The summed E-state index contributed by atoms with van der Waals surface area (Å²) in [6, 6.07) is 9.73. The minimum Gasteiger partial charge on any atom is -0.463 e. The first-order chi connectivity index (χ1) is 12.8. The lowest BCUT2D eigenvalue weighted by Crippen LogP contribution is -3.07. The minimum atomic E-state index is -3.52. The van der Waals surface area contributed by atoms with Crippen LogP contribution in [-0.4, -0.2) is 52.4 Å². The summed E-state index contributed by atoms with van der Waals surface area (Å²) in [5.41, 5.74) is 0.417. The number of likely N-dealkylation sites (N-methyl/N-ethyl adjacent to an activating group) is 1. The van der Waals surface area contributed by atoms with Crippen LogP contribution in [0.5, 0.6) is 0 Å². The number of furan rings is 1. The van der Waals surface area contributed by atoms with Gasteiger partial charge in [-0.3, -0.25) is 4.79 Å². The lowest BCUT2D eigenvalue weighted by molar-refractivity contribution is -0.891. The molecule has 148 valence electrons. The van der Waals surface area contributed by atoms with E-state index in [1.807, 2.05) is 26.2 Å². The molecule has 0 spiro atoms. The van der Waals surface area contributed by atoms with Crippen LogP contribution >= 0.6 is 0 Å². The van der Waals surface area contributed by atoms with Gasteiger partial charge in [-0.1, -0.05) is 13.8 Å². The van der Waals surface area contributed by atoms with E-state index in [0.29, 0.717) is 25.2 Å². The SMILES string of the molecule is CCN(CC)S(=O)(=O)c1ccc(C(=O)NC[C@H](c2ccco2)[NH+](C)C)cc1. The Bertz CT molecular complexity index is 826. The van der Waals surface area contributed by atoms with Crippen molar-refractivity contribution >= 4 is 15.9 Å². The summed E-state index contributed by atoms with van der Waals surface area (Å²) in [5.74, 6) is 0.551. The van der Waals surface area contributed by atoms with Gasteiger partial charge in [0.15, 0.2) is 11.8 Å². The number of amides is 1. The second-order valence-corrected chi connectivity index (χ2v) is 8.41. The topological polar surface area (TPSA) is 84.1 Å². The highest BCUT2D eigenvalue weighted by molar-refractivity contribution is 7.89. The van der Waals surface area contributed by atoms with Crippen molar-refractivity contribution in [2.45, 2.75) is 24.8 Å². The molecule has 0 aliphatic carbocycles. The molecule has 0 aliphatic rings. The first-order valence-corrected chi connectivity index (χ1v) is 10.5. The summed E-state index contributed by atoms with van der Waals surface area (Å²) < 4.78 is 31.9. The van der Waals surface area contributed by atoms with Crippen LogP contribution in [0.2, 0.25) is 0 Å². The molecular formula is C19H28N3O4S+. The summed E-state index contributed by atoms with van der Waals surface area (Å²) in [5, 5.41) is 2.89. The molecule has 7 nitrogen and oxygen atoms in total. The average Bonchev–Trinajstić information content (AvgIpc) is 3.16. The first-order valence-electron chi connectivity index (χ1n) is 9.03. The average molecular weight is 395 g/mol. The molecule has 0 fully saturated rings. The number of carbonyl (C=O) groups excluding carboxylic acids is 1. The zero-order valence-electron chi connectivity index (χ0n) is 16.2. The molecule has 2 rings (SSSR count). The molecule has 2 N–H and O–H groups in total. The van der Waals surface area contributed by atoms with Crippen LogP contribution < -0.4 is 10.2 Å². The Morgan fingerprint density at radius 1 is 1.15 bits per heavy atom. The van der Waals surface area contributed by atoms with Crippen LogP contribution in [0.25, 0.3) is 0 Å². The molecule has 1 amide bonds. The normalized spacial score (nSPS) is 13.1. The van der Waals surface area contributed by atoms with Gasteiger partial charge in [0.1, 0.15) is 0 Å². The lowest BCUT2D eigenvalue weighted by Gasteiger charge is -2.20. The predicted octanol–water partition coefficient (Wildman–Crippen LogP) is 0.926. The van der Waals surface area contributed by atoms with Crippen molar-refractivity contribution < 1.29 is 22.5 Å². The quantitative estimate of drug-likeness (QED) is 0.663. The fourth-order valence-electron chi connectivity index (χ4n) is 2.87. The van der Waals surface area contributed by atoms with E-state index < -0.39 is 10.0 Å². The number of hydrogen-bond donors (Lipinski definition) is 2. The molecule has 8 heteroatoms. The highest BCUT2D eigenvalue weighted by Crippen LogP contribution is 2.16. The molecule has 1 aromatic carbocycles. The maximum absolute atomic E-state index is 12.5. The Morgan fingerprint density at radius 2 is 1.78 bits per heavy atom. The van der Waals surface area contributed by atoms with E-state index in [1.165, 1.54) is 28.6 Å². The van der Waals surface area contributed by atoms with Crippen LogP contribution in [-0.2, 0) is 10.0 Å². The zero-order chi connectivity index (χ0) is 20.0. The summed E-state index contributed by atoms with van der Waals surface area (Å²) in [6.07, 6.45) is 1.61. The molecule has 0 aliphatic heterocycles. The Balaban J connectivity index is 2.07. The first kappa shape index (κ1) is 21.1. The van der Waals surface area contributed by atoms with Crippen LogP contribution in [0, 0.1) is 0 Å². The highest BCUT2D eigenvalue weighted by atomic mass is 32.2. The second kappa shape index (κ2) is 9.16. The Morgan fingerprint density at radius 3 is 2.26 bits per heavy atom. The number of sulfonamides is 1. The number of rotatable bonds is 9. The van der Waals surface area contributed by atoms with Gasteiger partial charge in [0.25, 0.3) is 5.91 Å². The zero-order valence-corrected chi connectivity index (χ0v) is 17.0. The van der Waals surface area contributed by atoms with Gasteiger partial charge in [0.2, 0.25) is 10.0 Å². The number of carbonyl (C=O) groups is 1. The van der Waals surface area contributed by atoms with Gasteiger partial charge >= 0.3 is 0 Å². The standard InChI is InChI=1S/C19H27N3O4S/c1-5-22(6-2)27(24,25)16-11-9-15(10-12-16)19(23)20-14-17(21(3)4)18-8-7-13-26-18/h7-13,17H,5-6,14H2,1-4H3,(H,20,23)/p+1/t17-/m1/s1. The third-order valence-corrected chi connectivity index (χ3v) is 6.57. The third-order valence-electron chi connectivity index (χ3n) is 4.51. The van der Waals surface area contributed by atoms with Gasteiger partial charge in [0.05, 0.1) is 31.8 Å². The minimum absolute atomic E-state index is 0.00809.